The SMILES string of the molecule is CCCN1C=CC=CC1F. The Hall–Kier alpha value is -0.790. The van der Waals surface area contributed by atoms with Crippen molar-refractivity contribution in [3.05, 3.63) is 24.4 Å². The van der Waals surface area contributed by atoms with E-state index in [2.05, 4.69) is 0 Å². The number of halogens is 1. The van der Waals surface area contributed by atoms with E-state index in [0.29, 0.717) is 0 Å². The Bertz CT molecular complexity index is 151. The highest BCUT2D eigenvalue weighted by molar-refractivity contribution is 5.10. The predicted octanol–water partition coefficient (Wildman–Crippen LogP) is 2.08. The highest BCUT2D eigenvalue weighted by Crippen LogP contribution is 2.09. The van der Waals surface area contributed by atoms with Gasteiger partial charge in [-0.3, -0.25) is 0 Å². The van der Waals surface area contributed by atoms with Gasteiger partial charge in [-0.15, -0.1) is 0 Å². The Balaban J connectivity index is 2.44. The van der Waals surface area contributed by atoms with E-state index in [1.807, 2.05) is 13.0 Å². The standard InChI is InChI=1S/C8H12FN/c1-2-6-10-7-4-3-5-8(10)9/h3-5,7-8H,2,6H2,1H3. The van der Waals surface area contributed by atoms with Crippen LogP contribution in [0.2, 0.25) is 0 Å². The fraction of sp³-hybridized carbons (Fsp3) is 0.500. The molecule has 10 heavy (non-hydrogen) atoms. The van der Waals surface area contributed by atoms with Crippen LogP contribution in [-0.4, -0.2) is 17.7 Å². The van der Waals surface area contributed by atoms with Gasteiger partial charge in [-0.25, -0.2) is 4.39 Å². The Labute approximate surface area is 60.8 Å². The van der Waals surface area contributed by atoms with Crippen LogP contribution in [0.15, 0.2) is 24.4 Å². The molecular formula is C8H12FN. The first-order chi connectivity index (χ1) is 4.84. The van der Waals surface area contributed by atoms with Crippen molar-refractivity contribution in [3.8, 4) is 0 Å². The molecular weight excluding hydrogens is 129 g/mol. The highest BCUT2D eigenvalue weighted by atomic mass is 19.1. The summed E-state index contributed by atoms with van der Waals surface area (Å²) in [6.07, 6.45) is 7.00. The molecule has 0 saturated heterocycles. The summed E-state index contributed by atoms with van der Waals surface area (Å²) < 4.78 is 12.8. The smallest absolute Gasteiger partial charge is 0.191 e. The fourth-order valence-corrected chi connectivity index (χ4v) is 0.965. The van der Waals surface area contributed by atoms with E-state index in [1.54, 1.807) is 23.3 Å². The lowest BCUT2D eigenvalue weighted by atomic mass is 10.3. The summed E-state index contributed by atoms with van der Waals surface area (Å²) >= 11 is 0. The zero-order valence-corrected chi connectivity index (χ0v) is 6.13. The minimum absolute atomic E-state index is 0.794. The van der Waals surface area contributed by atoms with Crippen LogP contribution in [0.5, 0.6) is 0 Å². The number of allylic oxidation sites excluding steroid dienone is 2. The number of rotatable bonds is 2. The van der Waals surface area contributed by atoms with Gasteiger partial charge in [0, 0.05) is 12.7 Å². The first-order valence-electron chi connectivity index (χ1n) is 3.59. The molecule has 2 heteroatoms. The molecule has 1 unspecified atom stereocenters. The second-order valence-corrected chi connectivity index (χ2v) is 2.34. The number of hydrogen-bond acceptors (Lipinski definition) is 1. The molecule has 0 aromatic rings. The van der Waals surface area contributed by atoms with E-state index in [4.69, 9.17) is 0 Å². The van der Waals surface area contributed by atoms with Gasteiger partial charge in [0.15, 0.2) is 6.30 Å². The molecule has 1 atom stereocenters. The third-order valence-corrected chi connectivity index (χ3v) is 1.46. The van der Waals surface area contributed by atoms with Crippen LogP contribution in [0.1, 0.15) is 13.3 Å². The van der Waals surface area contributed by atoms with E-state index in [1.165, 1.54) is 0 Å². The maximum Gasteiger partial charge on any atom is 0.191 e. The van der Waals surface area contributed by atoms with Crippen molar-refractivity contribution >= 4 is 0 Å². The fourth-order valence-electron chi connectivity index (χ4n) is 0.965. The van der Waals surface area contributed by atoms with E-state index < -0.39 is 6.30 Å². The van der Waals surface area contributed by atoms with Gasteiger partial charge >= 0.3 is 0 Å². The molecule has 0 bridgehead atoms. The van der Waals surface area contributed by atoms with Gasteiger partial charge in [-0.1, -0.05) is 13.0 Å². The van der Waals surface area contributed by atoms with Gasteiger partial charge in [0.2, 0.25) is 0 Å². The van der Waals surface area contributed by atoms with Crippen molar-refractivity contribution in [2.45, 2.75) is 19.6 Å². The Kier molecular flexibility index (Phi) is 2.49. The zero-order chi connectivity index (χ0) is 7.40. The molecule has 56 valence electrons. The van der Waals surface area contributed by atoms with Crippen LogP contribution >= 0.6 is 0 Å². The van der Waals surface area contributed by atoms with Gasteiger partial charge in [-0.05, 0) is 18.6 Å². The molecule has 1 aliphatic heterocycles. The first kappa shape index (κ1) is 7.32. The second kappa shape index (κ2) is 3.40. The predicted molar refractivity (Wildman–Crippen MR) is 40.2 cm³/mol. The molecule has 0 N–H and O–H groups in total. The van der Waals surface area contributed by atoms with Crippen LogP contribution < -0.4 is 0 Å². The molecule has 0 radical (unpaired) electrons. The van der Waals surface area contributed by atoms with Crippen molar-refractivity contribution in [2.24, 2.45) is 0 Å². The van der Waals surface area contributed by atoms with Crippen molar-refractivity contribution in [1.29, 1.82) is 0 Å². The summed E-state index contributed by atoms with van der Waals surface area (Å²) in [5, 5.41) is 0. The lowest BCUT2D eigenvalue weighted by Gasteiger charge is -2.23. The van der Waals surface area contributed by atoms with E-state index in [-0.39, 0.29) is 0 Å². The largest absolute Gasteiger partial charge is 0.345 e. The second-order valence-electron chi connectivity index (χ2n) is 2.34. The van der Waals surface area contributed by atoms with Crippen molar-refractivity contribution in [2.75, 3.05) is 6.54 Å². The molecule has 0 aromatic carbocycles. The first-order valence-corrected chi connectivity index (χ1v) is 3.59. The van der Waals surface area contributed by atoms with Crippen molar-refractivity contribution in [1.82, 2.24) is 4.90 Å². The van der Waals surface area contributed by atoms with Gasteiger partial charge in [-0.2, -0.15) is 0 Å². The van der Waals surface area contributed by atoms with Crippen LogP contribution in [0.4, 0.5) is 4.39 Å². The summed E-state index contributed by atoms with van der Waals surface area (Å²) in [6, 6.07) is 0. The average molecular weight is 141 g/mol. The van der Waals surface area contributed by atoms with E-state index >= 15 is 0 Å². The Morgan fingerprint density at radius 1 is 1.50 bits per heavy atom. The quantitative estimate of drug-likeness (QED) is 0.532. The minimum Gasteiger partial charge on any atom is -0.345 e. The Morgan fingerprint density at radius 3 is 2.90 bits per heavy atom. The van der Waals surface area contributed by atoms with Crippen LogP contribution in [0.25, 0.3) is 0 Å². The lowest BCUT2D eigenvalue weighted by molar-refractivity contribution is 0.175. The topological polar surface area (TPSA) is 3.24 Å². The maximum absolute atomic E-state index is 12.8. The maximum atomic E-state index is 12.8. The van der Waals surface area contributed by atoms with Crippen LogP contribution in [-0.2, 0) is 0 Å². The van der Waals surface area contributed by atoms with Crippen LogP contribution in [0, 0.1) is 0 Å². The molecule has 0 aromatic heterocycles. The molecule has 1 nitrogen and oxygen atoms in total. The van der Waals surface area contributed by atoms with Gasteiger partial charge in [0.05, 0.1) is 0 Å². The average Bonchev–Trinajstić information content (AvgIpc) is 1.94. The van der Waals surface area contributed by atoms with Gasteiger partial charge in [0.1, 0.15) is 0 Å². The van der Waals surface area contributed by atoms with E-state index in [0.717, 1.165) is 13.0 Å². The zero-order valence-electron chi connectivity index (χ0n) is 6.13. The number of hydrogen-bond donors (Lipinski definition) is 0. The molecule has 1 aliphatic rings. The van der Waals surface area contributed by atoms with Crippen LogP contribution in [0.3, 0.4) is 0 Å². The molecule has 1 rings (SSSR count). The van der Waals surface area contributed by atoms with Crippen molar-refractivity contribution < 1.29 is 4.39 Å². The summed E-state index contributed by atoms with van der Waals surface area (Å²) in [6.45, 7) is 2.83. The summed E-state index contributed by atoms with van der Waals surface area (Å²) in [5.74, 6) is 0. The lowest BCUT2D eigenvalue weighted by Crippen LogP contribution is -2.27. The number of nitrogens with zero attached hydrogens (tertiary/aromatic N) is 1. The molecule has 0 aliphatic carbocycles. The monoisotopic (exact) mass is 141 g/mol. The molecule has 0 saturated carbocycles. The van der Waals surface area contributed by atoms with Crippen molar-refractivity contribution in [3.63, 3.8) is 0 Å². The third kappa shape index (κ3) is 1.59. The third-order valence-electron chi connectivity index (χ3n) is 1.46. The minimum atomic E-state index is -0.912. The number of alkyl halides is 1. The summed E-state index contributed by atoms with van der Waals surface area (Å²) in [5.41, 5.74) is 0. The van der Waals surface area contributed by atoms with Gasteiger partial charge in [0.25, 0.3) is 0 Å². The molecule has 0 fully saturated rings. The molecule has 0 amide bonds. The highest BCUT2D eigenvalue weighted by Gasteiger charge is 2.09. The normalized spacial score (nSPS) is 23.8. The van der Waals surface area contributed by atoms with Gasteiger partial charge < -0.3 is 4.90 Å². The Morgan fingerprint density at radius 2 is 2.30 bits per heavy atom. The molecule has 0 spiro atoms. The summed E-state index contributed by atoms with van der Waals surface area (Å²) in [4.78, 5) is 1.68. The van der Waals surface area contributed by atoms with E-state index in [9.17, 15) is 4.39 Å². The summed E-state index contributed by atoms with van der Waals surface area (Å²) in [7, 11) is 0. The molecule has 1 heterocycles.